The van der Waals surface area contributed by atoms with Gasteiger partial charge in [-0.25, -0.2) is 19.9 Å². The van der Waals surface area contributed by atoms with Gasteiger partial charge in [-0.3, -0.25) is 4.79 Å². The van der Waals surface area contributed by atoms with Crippen LogP contribution in [0.3, 0.4) is 0 Å². The Morgan fingerprint density at radius 3 is 2.73 bits per heavy atom. The summed E-state index contributed by atoms with van der Waals surface area (Å²) in [6.07, 6.45) is 6.71. The van der Waals surface area contributed by atoms with Crippen molar-refractivity contribution >= 4 is 23.6 Å². The fourth-order valence-corrected chi connectivity index (χ4v) is 4.19. The van der Waals surface area contributed by atoms with E-state index in [1.807, 2.05) is 35.2 Å². The second kappa shape index (κ2) is 9.64. The molecule has 8 nitrogen and oxygen atoms in total. The van der Waals surface area contributed by atoms with E-state index in [1.54, 1.807) is 24.7 Å². The summed E-state index contributed by atoms with van der Waals surface area (Å²) < 4.78 is 0. The molecular weight excluding hydrogens is 400 g/mol. The Morgan fingerprint density at radius 2 is 1.97 bits per heavy atom. The van der Waals surface area contributed by atoms with Crippen molar-refractivity contribution in [1.82, 2.24) is 25.3 Å². The molecule has 9 heteroatoms. The molecule has 3 heterocycles. The van der Waals surface area contributed by atoms with Gasteiger partial charge in [-0.1, -0.05) is 30.0 Å². The minimum Gasteiger partial charge on any atom is -0.394 e. The second-order valence-electron chi connectivity index (χ2n) is 6.82. The first kappa shape index (κ1) is 20.2. The van der Waals surface area contributed by atoms with Crippen LogP contribution < -0.4 is 10.2 Å². The summed E-state index contributed by atoms with van der Waals surface area (Å²) in [5.41, 5.74) is 0.392. The summed E-state index contributed by atoms with van der Waals surface area (Å²) >= 11 is 1.41. The van der Waals surface area contributed by atoms with Gasteiger partial charge in [0.15, 0.2) is 0 Å². The molecule has 1 saturated heterocycles. The maximum Gasteiger partial charge on any atom is 0.255 e. The fraction of sp³-hybridized carbons (Fsp3) is 0.286. The molecule has 1 aliphatic rings. The van der Waals surface area contributed by atoms with Crippen LogP contribution in [0.2, 0.25) is 0 Å². The number of hydrogen-bond donors (Lipinski definition) is 2. The van der Waals surface area contributed by atoms with E-state index < -0.39 is 0 Å². The predicted octanol–water partition coefficient (Wildman–Crippen LogP) is 2.31. The average Bonchev–Trinajstić information content (AvgIpc) is 3.28. The molecule has 0 saturated carbocycles. The number of benzene rings is 1. The van der Waals surface area contributed by atoms with Crippen LogP contribution in [-0.4, -0.2) is 50.1 Å². The molecule has 0 bridgehead atoms. The monoisotopic (exact) mass is 422 g/mol. The number of amides is 1. The lowest BCUT2D eigenvalue weighted by atomic mass is 10.2. The molecule has 154 valence electrons. The molecule has 2 aromatic heterocycles. The molecule has 1 fully saturated rings. The van der Waals surface area contributed by atoms with Crippen LogP contribution >= 0.6 is 11.8 Å². The van der Waals surface area contributed by atoms with Gasteiger partial charge in [-0.15, -0.1) is 0 Å². The van der Waals surface area contributed by atoms with Gasteiger partial charge in [0.2, 0.25) is 5.95 Å². The lowest BCUT2D eigenvalue weighted by molar-refractivity contribution is 0.0945. The second-order valence-corrected chi connectivity index (χ2v) is 7.89. The summed E-state index contributed by atoms with van der Waals surface area (Å²) in [5, 5.41) is 13.1. The van der Waals surface area contributed by atoms with Crippen molar-refractivity contribution in [2.45, 2.75) is 35.3 Å². The number of aliphatic hydroxyl groups excluding tert-OH is 1. The molecule has 0 radical (unpaired) electrons. The average molecular weight is 423 g/mol. The summed E-state index contributed by atoms with van der Waals surface area (Å²) in [5.74, 6) is 0.781. The van der Waals surface area contributed by atoms with E-state index >= 15 is 0 Å². The van der Waals surface area contributed by atoms with E-state index in [0.29, 0.717) is 22.4 Å². The normalized spacial score (nSPS) is 15.9. The van der Waals surface area contributed by atoms with Gasteiger partial charge in [0.1, 0.15) is 10.9 Å². The number of carbonyl (C=O) groups is 1. The highest BCUT2D eigenvalue weighted by Gasteiger charge is 2.27. The molecule has 0 unspecified atom stereocenters. The van der Waals surface area contributed by atoms with Crippen molar-refractivity contribution in [2.75, 3.05) is 18.1 Å². The van der Waals surface area contributed by atoms with Crippen molar-refractivity contribution in [2.24, 2.45) is 0 Å². The molecule has 1 atom stereocenters. The smallest absolute Gasteiger partial charge is 0.255 e. The highest BCUT2D eigenvalue weighted by molar-refractivity contribution is 7.99. The van der Waals surface area contributed by atoms with Gasteiger partial charge >= 0.3 is 0 Å². The molecule has 0 spiro atoms. The first-order valence-corrected chi connectivity index (χ1v) is 10.6. The quantitative estimate of drug-likeness (QED) is 0.559. The largest absolute Gasteiger partial charge is 0.394 e. The number of carbonyl (C=O) groups excluding carboxylic acids is 1. The summed E-state index contributed by atoms with van der Waals surface area (Å²) in [4.78, 5) is 33.2. The molecule has 1 amide bonds. The van der Waals surface area contributed by atoms with Gasteiger partial charge in [0, 0.05) is 30.0 Å². The Kier molecular flexibility index (Phi) is 6.50. The van der Waals surface area contributed by atoms with E-state index in [2.05, 4.69) is 20.3 Å². The van der Waals surface area contributed by atoms with Crippen molar-refractivity contribution in [3.63, 3.8) is 0 Å². The highest BCUT2D eigenvalue weighted by Crippen LogP contribution is 2.31. The van der Waals surface area contributed by atoms with Crippen molar-refractivity contribution in [1.29, 1.82) is 0 Å². The Balaban J connectivity index is 1.60. The fourth-order valence-electron chi connectivity index (χ4n) is 3.29. The molecule has 4 rings (SSSR count). The van der Waals surface area contributed by atoms with Gasteiger partial charge in [-0.2, -0.15) is 0 Å². The lowest BCUT2D eigenvalue weighted by Gasteiger charge is -2.23. The number of anilines is 1. The topological polar surface area (TPSA) is 104 Å². The first-order chi connectivity index (χ1) is 14.7. The van der Waals surface area contributed by atoms with E-state index in [4.69, 9.17) is 4.98 Å². The molecule has 2 N–H and O–H groups in total. The van der Waals surface area contributed by atoms with E-state index in [-0.39, 0.29) is 25.1 Å². The summed E-state index contributed by atoms with van der Waals surface area (Å²) in [6, 6.07) is 11.5. The summed E-state index contributed by atoms with van der Waals surface area (Å²) in [6.45, 7) is 1.07. The minimum absolute atomic E-state index is 0.00878. The predicted molar refractivity (Wildman–Crippen MR) is 113 cm³/mol. The van der Waals surface area contributed by atoms with Crippen LogP contribution in [0.5, 0.6) is 0 Å². The van der Waals surface area contributed by atoms with Crippen molar-refractivity contribution in [3.8, 4) is 0 Å². The molecule has 3 aromatic rings. The SMILES string of the molecule is O=C(NCc1ncccn1)c1cnc(N2CCC[C@H]2CO)nc1Sc1ccccc1. The molecular formula is C21H22N6O2S. The number of hydrogen-bond acceptors (Lipinski definition) is 8. The van der Waals surface area contributed by atoms with Gasteiger partial charge in [-0.05, 0) is 31.0 Å². The maximum absolute atomic E-state index is 12.9. The number of nitrogens with one attached hydrogen (secondary N) is 1. The Hall–Kier alpha value is -3.04. The third kappa shape index (κ3) is 4.74. The third-order valence-electron chi connectivity index (χ3n) is 4.81. The van der Waals surface area contributed by atoms with Crippen molar-refractivity contribution < 1.29 is 9.90 Å². The van der Waals surface area contributed by atoms with Crippen LogP contribution in [-0.2, 0) is 6.54 Å². The van der Waals surface area contributed by atoms with Gasteiger partial charge < -0.3 is 15.3 Å². The highest BCUT2D eigenvalue weighted by atomic mass is 32.2. The first-order valence-electron chi connectivity index (χ1n) is 9.76. The summed E-state index contributed by atoms with van der Waals surface area (Å²) in [7, 11) is 0. The number of aromatic nitrogens is 4. The standard InChI is InChI=1S/C21H22N6O2S/c28-14-15-6-4-11-27(15)21-25-12-17(19(29)24-13-18-22-9-5-10-23-18)20(26-21)30-16-7-2-1-3-8-16/h1-3,5,7-10,12,15,28H,4,6,11,13-14H2,(H,24,29)/t15-/m0/s1. The molecule has 30 heavy (non-hydrogen) atoms. The third-order valence-corrected chi connectivity index (χ3v) is 5.83. The number of aliphatic hydroxyl groups is 1. The number of rotatable bonds is 7. The Morgan fingerprint density at radius 1 is 1.17 bits per heavy atom. The zero-order valence-corrected chi connectivity index (χ0v) is 17.1. The van der Waals surface area contributed by atoms with Crippen LogP contribution in [0.25, 0.3) is 0 Å². The van der Waals surface area contributed by atoms with Crippen LogP contribution in [0.4, 0.5) is 5.95 Å². The van der Waals surface area contributed by atoms with E-state index in [9.17, 15) is 9.90 Å². The molecule has 1 aliphatic heterocycles. The number of nitrogens with zero attached hydrogens (tertiary/aromatic N) is 5. The lowest BCUT2D eigenvalue weighted by Crippen LogP contribution is -2.34. The maximum atomic E-state index is 12.9. The van der Waals surface area contributed by atoms with Crippen LogP contribution in [0.15, 0.2) is 64.9 Å². The van der Waals surface area contributed by atoms with E-state index in [0.717, 1.165) is 24.3 Å². The molecule has 1 aromatic carbocycles. The van der Waals surface area contributed by atoms with Gasteiger partial charge in [0.25, 0.3) is 5.91 Å². The Labute approximate surface area is 178 Å². The van der Waals surface area contributed by atoms with Crippen LogP contribution in [0.1, 0.15) is 29.0 Å². The van der Waals surface area contributed by atoms with Crippen LogP contribution in [0, 0.1) is 0 Å². The minimum atomic E-state index is -0.285. The van der Waals surface area contributed by atoms with Gasteiger partial charge in [0.05, 0.1) is 24.8 Å². The zero-order valence-electron chi connectivity index (χ0n) is 16.3. The Bertz CT molecular complexity index is 989. The van der Waals surface area contributed by atoms with E-state index in [1.165, 1.54) is 11.8 Å². The molecule has 0 aliphatic carbocycles. The van der Waals surface area contributed by atoms with Crippen molar-refractivity contribution in [3.05, 3.63) is 66.4 Å². The zero-order chi connectivity index (χ0) is 20.8.